The molecule has 2 aliphatic heterocycles. The Morgan fingerprint density at radius 1 is 1.35 bits per heavy atom. The molecule has 0 bridgehead atoms. The van der Waals surface area contributed by atoms with Crippen LogP contribution in [0.1, 0.15) is 19.8 Å². The Bertz CT molecular complexity index is 371. The quantitative estimate of drug-likeness (QED) is 0.851. The van der Waals surface area contributed by atoms with E-state index in [1.807, 2.05) is 6.92 Å². The maximum atomic E-state index is 12.5. The van der Waals surface area contributed by atoms with Gasteiger partial charge in [-0.1, -0.05) is 0 Å². The molecule has 0 aromatic rings. The highest BCUT2D eigenvalue weighted by Crippen LogP contribution is 2.31. The molecule has 6 nitrogen and oxygen atoms in total. The molecule has 2 amide bonds. The van der Waals surface area contributed by atoms with Gasteiger partial charge in [-0.2, -0.15) is 0 Å². The average Bonchev–Trinajstić information content (AvgIpc) is 2.81. The van der Waals surface area contributed by atoms with Gasteiger partial charge in [0.1, 0.15) is 6.04 Å². The number of carboxylic acid groups (broad SMARTS) is 1. The van der Waals surface area contributed by atoms with Crippen LogP contribution in [0.3, 0.4) is 0 Å². The molecular weight excluding hydrogens is 280 g/mol. The topological polar surface area (TPSA) is 70.1 Å². The summed E-state index contributed by atoms with van der Waals surface area (Å²) < 4.78 is 5.15. The minimum Gasteiger partial charge on any atom is -0.480 e. The van der Waals surface area contributed by atoms with Crippen molar-refractivity contribution in [1.29, 1.82) is 0 Å². The maximum absolute atomic E-state index is 12.5. The molecule has 114 valence electrons. The van der Waals surface area contributed by atoms with Crippen molar-refractivity contribution in [2.75, 3.05) is 32.6 Å². The van der Waals surface area contributed by atoms with E-state index in [-0.39, 0.29) is 11.4 Å². The first kappa shape index (κ1) is 15.4. The molecule has 2 unspecified atom stereocenters. The lowest BCUT2D eigenvalue weighted by Crippen LogP contribution is -2.53. The number of thioether (sulfide) groups is 1. The molecular formula is C13H22N2O4S. The second kappa shape index (κ2) is 6.67. The molecule has 0 aromatic heterocycles. The minimum absolute atomic E-state index is 0.0692. The highest BCUT2D eigenvalue weighted by molar-refractivity contribution is 8.00. The van der Waals surface area contributed by atoms with Gasteiger partial charge in [0.2, 0.25) is 0 Å². The largest absolute Gasteiger partial charge is 0.480 e. The van der Waals surface area contributed by atoms with Crippen LogP contribution >= 0.6 is 11.8 Å². The zero-order chi connectivity index (χ0) is 14.7. The number of methoxy groups -OCH3 is 1. The van der Waals surface area contributed by atoms with E-state index in [4.69, 9.17) is 4.74 Å². The number of carboxylic acids is 1. The molecule has 7 heteroatoms. The van der Waals surface area contributed by atoms with E-state index in [0.29, 0.717) is 24.8 Å². The first-order valence-corrected chi connectivity index (χ1v) is 8.00. The number of carbonyl (C=O) groups is 2. The van der Waals surface area contributed by atoms with Gasteiger partial charge in [0, 0.05) is 32.6 Å². The molecule has 0 aliphatic carbocycles. The number of ether oxygens (including phenoxy) is 1. The summed E-state index contributed by atoms with van der Waals surface area (Å²) in [4.78, 5) is 27.1. The summed E-state index contributed by atoms with van der Waals surface area (Å²) in [5, 5.41) is 9.15. The average molecular weight is 302 g/mol. The van der Waals surface area contributed by atoms with Gasteiger partial charge in [0.05, 0.1) is 5.37 Å². The van der Waals surface area contributed by atoms with Crippen molar-refractivity contribution in [2.24, 2.45) is 5.92 Å². The number of carbonyl (C=O) groups excluding carboxylic acids is 1. The predicted molar refractivity (Wildman–Crippen MR) is 76.8 cm³/mol. The summed E-state index contributed by atoms with van der Waals surface area (Å²) in [5.74, 6) is 0.0664. The molecule has 2 saturated heterocycles. The zero-order valence-electron chi connectivity index (χ0n) is 11.9. The first-order chi connectivity index (χ1) is 9.54. The van der Waals surface area contributed by atoms with Crippen molar-refractivity contribution in [3.8, 4) is 0 Å². The van der Waals surface area contributed by atoms with E-state index in [0.717, 1.165) is 19.4 Å². The van der Waals surface area contributed by atoms with Crippen LogP contribution < -0.4 is 0 Å². The van der Waals surface area contributed by atoms with Crippen molar-refractivity contribution in [1.82, 2.24) is 9.80 Å². The van der Waals surface area contributed by atoms with E-state index >= 15 is 0 Å². The number of nitrogens with zero attached hydrogens (tertiary/aromatic N) is 2. The molecule has 1 N–H and O–H groups in total. The van der Waals surface area contributed by atoms with Gasteiger partial charge in [-0.3, -0.25) is 4.90 Å². The Morgan fingerprint density at radius 3 is 2.55 bits per heavy atom. The number of urea groups is 1. The molecule has 2 atom stereocenters. The van der Waals surface area contributed by atoms with Crippen molar-refractivity contribution < 1.29 is 19.4 Å². The fourth-order valence-corrected chi connectivity index (χ4v) is 3.98. The molecule has 2 heterocycles. The van der Waals surface area contributed by atoms with Crippen LogP contribution in [0.5, 0.6) is 0 Å². The highest BCUT2D eigenvalue weighted by Gasteiger charge is 2.41. The Hall–Kier alpha value is -0.950. The lowest BCUT2D eigenvalue weighted by molar-refractivity contribution is -0.141. The fraction of sp³-hybridized carbons (Fsp3) is 0.846. The van der Waals surface area contributed by atoms with Crippen LogP contribution in [0, 0.1) is 5.92 Å². The normalized spacial score (nSPS) is 27.9. The molecule has 2 aliphatic rings. The van der Waals surface area contributed by atoms with Crippen LogP contribution in [0.15, 0.2) is 0 Å². The number of piperidine rings is 1. The Kier molecular flexibility index (Phi) is 5.15. The summed E-state index contributed by atoms with van der Waals surface area (Å²) in [6.45, 7) is 4.00. The van der Waals surface area contributed by atoms with Gasteiger partial charge in [0.25, 0.3) is 0 Å². The van der Waals surface area contributed by atoms with Crippen molar-refractivity contribution >= 4 is 23.8 Å². The predicted octanol–water partition coefficient (Wildman–Crippen LogP) is 1.31. The summed E-state index contributed by atoms with van der Waals surface area (Å²) in [6, 6.07) is -0.829. The third-order valence-corrected chi connectivity index (χ3v) is 5.23. The number of hydrogen-bond acceptors (Lipinski definition) is 4. The first-order valence-electron chi connectivity index (χ1n) is 6.95. The van der Waals surface area contributed by atoms with Gasteiger partial charge in [-0.05, 0) is 25.7 Å². The third kappa shape index (κ3) is 3.20. The van der Waals surface area contributed by atoms with Crippen LogP contribution in [0.4, 0.5) is 4.79 Å². The minimum atomic E-state index is -0.913. The maximum Gasteiger partial charge on any atom is 0.327 e. The fourth-order valence-electron chi connectivity index (χ4n) is 2.81. The Balaban J connectivity index is 1.95. The van der Waals surface area contributed by atoms with Crippen LogP contribution in [0.2, 0.25) is 0 Å². The Labute approximate surface area is 123 Å². The number of rotatable bonds is 3. The summed E-state index contributed by atoms with van der Waals surface area (Å²) >= 11 is 1.52. The second-order valence-corrected chi connectivity index (χ2v) is 6.71. The van der Waals surface area contributed by atoms with Crippen molar-refractivity contribution in [3.63, 3.8) is 0 Å². The Morgan fingerprint density at radius 2 is 2.00 bits per heavy atom. The summed E-state index contributed by atoms with van der Waals surface area (Å²) in [5.41, 5.74) is 0. The van der Waals surface area contributed by atoms with Gasteiger partial charge in [-0.15, -0.1) is 11.8 Å². The summed E-state index contributed by atoms with van der Waals surface area (Å²) in [6.07, 6.45) is 1.85. The van der Waals surface area contributed by atoms with Crippen LogP contribution in [0.25, 0.3) is 0 Å². The molecule has 20 heavy (non-hydrogen) atoms. The zero-order valence-corrected chi connectivity index (χ0v) is 12.8. The van der Waals surface area contributed by atoms with Crippen molar-refractivity contribution in [3.05, 3.63) is 0 Å². The van der Waals surface area contributed by atoms with E-state index in [1.165, 1.54) is 16.7 Å². The van der Waals surface area contributed by atoms with Crippen molar-refractivity contribution in [2.45, 2.75) is 31.2 Å². The molecule has 2 fully saturated rings. The molecule has 0 radical (unpaired) electrons. The summed E-state index contributed by atoms with van der Waals surface area (Å²) in [7, 11) is 1.69. The third-order valence-electron chi connectivity index (χ3n) is 4.02. The highest BCUT2D eigenvalue weighted by atomic mass is 32.2. The molecule has 2 rings (SSSR count). The molecule has 0 spiro atoms. The van der Waals surface area contributed by atoms with E-state index in [1.54, 1.807) is 12.0 Å². The lowest BCUT2D eigenvalue weighted by atomic mass is 9.98. The number of amides is 2. The van der Waals surface area contributed by atoms with Crippen LogP contribution in [-0.2, 0) is 9.53 Å². The monoisotopic (exact) mass is 302 g/mol. The molecule has 0 aromatic carbocycles. The van der Waals surface area contributed by atoms with E-state index in [9.17, 15) is 14.7 Å². The van der Waals surface area contributed by atoms with Gasteiger partial charge < -0.3 is 14.7 Å². The van der Waals surface area contributed by atoms with Gasteiger partial charge in [0.15, 0.2) is 0 Å². The van der Waals surface area contributed by atoms with Gasteiger partial charge >= 0.3 is 12.0 Å². The number of aliphatic carboxylic acids is 1. The lowest BCUT2D eigenvalue weighted by Gasteiger charge is -2.36. The number of likely N-dealkylation sites (tertiary alicyclic amines) is 1. The molecule has 0 saturated carbocycles. The number of hydrogen-bond donors (Lipinski definition) is 1. The van der Waals surface area contributed by atoms with Crippen LogP contribution in [-0.4, -0.2) is 70.9 Å². The van der Waals surface area contributed by atoms with E-state index < -0.39 is 12.0 Å². The standard InChI is InChI=1S/C13H22N2O4S/c1-9-15(11(8-20-9)12(16)17)13(18)14-5-3-10(4-6-14)7-19-2/h9-11H,3-8H2,1-2H3,(H,16,17). The van der Waals surface area contributed by atoms with E-state index in [2.05, 4.69) is 0 Å². The smallest absolute Gasteiger partial charge is 0.327 e. The van der Waals surface area contributed by atoms with Gasteiger partial charge in [-0.25, -0.2) is 9.59 Å². The SMILES string of the molecule is COCC1CCN(C(=O)N2C(C)SCC2C(=O)O)CC1. The second-order valence-electron chi connectivity index (χ2n) is 5.36.